The van der Waals surface area contributed by atoms with Crippen molar-refractivity contribution >= 4 is 35.1 Å². The van der Waals surface area contributed by atoms with Gasteiger partial charge in [-0.3, -0.25) is 0 Å². The molecular formula is C21H19N3O2S. The summed E-state index contributed by atoms with van der Waals surface area (Å²) in [6.07, 6.45) is 3.37. The van der Waals surface area contributed by atoms with E-state index >= 15 is 0 Å². The first kappa shape index (κ1) is 17.6. The largest absolute Gasteiger partial charge is 0.458 e. The Bertz CT molecular complexity index is 962. The molecule has 0 aliphatic carbocycles. The van der Waals surface area contributed by atoms with Crippen LogP contribution < -0.4 is 5.32 Å². The molecule has 1 aliphatic rings. The quantitative estimate of drug-likeness (QED) is 0.492. The zero-order valence-corrected chi connectivity index (χ0v) is 15.9. The van der Waals surface area contributed by atoms with Gasteiger partial charge in [-0.2, -0.15) is 0 Å². The number of para-hydroxylation sites is 1. The Morgan fingerprint density at radius 2 is 1.74 bits per heavy atom. The van der Waals surface area contributed by atoms with E-state index in [0.29, 0.717) is 16.7 Å². The van der Waals surface area contributed by atoms with Crippen LogP contribution in [0.15, 0.2) is 65.8 Å². The van der Waals surface area contributed by atoms with Crippen molar-refractivity contribution in [2.24, 2.45) is 0 Å². The van der Waals surface area contributed by atoms with Crippen LogP contribution in [0.4, 0.5) is 11.5 Å². The Morgan fingerprint density at radius 3 is 2.41 bits per heavy atom. The van der Waals surface area contributed by atoms with E-state index in [1.54, 1.807) is 7.11 Å². The summed E-state index contributed by atoms with van der Waals surface area (Å²) in [5.74, 6) is 1.37. The van der Waals surface area contributed by atoms with E-state index in [-0.39, 0.29) is 0 Å². The number of rotatable bonds is 5. The van der Waals surface area contributed by atoms with Crippen molar-refractivity contribution in [1.29, 1.82) is 0 Å². The first-order valence-electron chi connectivity index (χ1n) is 8.53. The lowest BCUT2D eigenvalue weighted by atomic mass is 10.1. The van der Waals surface area contributed by atoms with E-state index in [4.69, 9.17) is 9.47 Å². The molecule has 136 valence electrons. The number of aromatic nitrogens is 2. The Balaban J connectivity index is 1.82. The summed E-state index contributed by atoms with van der Waals surface area (Å²) in [4.78, 5) is 9.34. The van der Waals surface area contributed by atoms with Gasteiger partial charge in [0.2, 0.25) is 6.29 Å². The van der Waals surface area contributed by atoms with Gasteiger partial charge in [-0.05, 0) is 30.0 Å². The highest BCUT2D eigenvalue weighted by molar-refractivity contribution is 7.98. The normalized spacial score (nSPS) is 16.8. The molecule has 0 saturated heterocycles. The lowest BCUT2D eigenvalue weighted by Crippen LogP contribution is -2.06. The molecule has 0 amide bonds. The Morgan fingerprint density at radius 1 is 1.04 bits per heavy atom. The minimum absolute atomic E-state index is 0.558. The second-order valence-electron chi connectivity index (χ2n) is 5.92. The second kappa shape index (κ2) is 7.82. The minimum atomic E-state index is -0.558. The molecule has 4 rings (SSSR count). The average molecular weight is 377 g/mol. The molecule has 0 saturated carbocycles. The molecule has 1 N–H and O–H groups in total. The molecule has 1 aromatic heterocycles. The zero-order valence-electron chi connectivity index (χ0n) is 15.0. The van der Waals surface area contributed by atoms with Gasteiger partial charge in [0.25, 0.3) is 0 Å². The Kier molecular flexibility index (Phi) is 5.09. The number of methoxy groups -OCH3 is 1. The predicted octanol–water partition coefficient (Wildman–Crippen LogP) is 5.12. The van der Waals surface area contributed by atoms with Crippen molar-refractivity contribution in [3.05, 3.63) is 77.5 Å². The number of benzene rings is 2. The highest BCUT2D eigenvalue weighted by atomic mass is 32.2. The van der Waals surface area contributed by atoms with E-state index in [2.05, 4.69) is 15.3 Å². The van der Waals surface area contributed by atoms with E-state index in [1.807, 2.05) is 73.0 Å². The van der Waals surface area contributed by atoms with Gasteiger partial charge < -0.3 is 14.8 Å². The third kappa shape index (κ3) is 3.67. The Hall–Kier alpha value is -2.83. The fourth-order valence-corrected chi connectivity index (χ4v) is 3.27. The van der Waals surface area contributed by atoms with Gasteiger partial charge >= 0.3 is 0 Å². The van der Waals surface area contributed by atoms with E-state index in [9.17, 15) is 0 Å². The van der Waals surface area contributed by atoms with Crippen molar-refractivity contribution in [2.45, 2.75) is 11.4 Å². The van der Waals surface area contributed by atoms with Crippen molar-refractivity contribution in [3.63, 3.8) is 0 Å². The van der Waals surface area contributed by atoms with Crippen molar-refractivity contribution in [2.75, 3.05) is 18.7 Å². The number of nitrogens with one attached hydrogen (secondary N) is 1. The highest BCUT2D eigenvalue weighted by Gasteiger charge is 2.34. The van der Waals surface area contributed by atoms with E-state index in [1.165, 1.54) is 11.8 Å². The first-order valence-corrected chi connectivity index (χ1v) is 9.75. The van der Waals surface area contributed by atoms with E-state index in [0.717, 1.165) is 22.5 Å². The topological polar surface area (TPSA) is 56.3 Å². The number of ether oxygens (including phenoxy) is 2. The molecule has 2 aromatic carbocycles. The minimum Gasteiger partial charge on any atom is -0.458 e. The van der Waals surface area contributed by atoms with Gasteiger partial charge in [-0.15, -0.1) is 0 Å². The van der Waals surface area contributed by atoms with Gasteiger partial charge in [-0.1, -0.05) is 60.3 Å². The molecule has 3 aromatic rings. The average Bonchev–Trinajstić information content (AvgIpc) is 3.07. The molecule has 0 bridgehead atoms. The summed E-state index contributed by atoms with van der Waals surface area (Å²) in [5.41, 5.74) is 3.54. The van der Waals surface area contributed by atoms with E-state index < -0.39 is 6.29 Å². The lowest BCUT2D eigenvalue weighted by molar-refractivity contribution is -0.0641. The monoisotopic (exact) mass is 377 g/mol. The SMILES string of the molecule is COC1O/C(=C\c2ccccc2)c2nc(SC)nc(Nc3ccccc3)c21. The zero-order chi connectivity index (χ0) is 18.6. The molecule has 5 nitrogen and oxygen atoms in total. The molecule has 2 heterocycles. The van der Waals surface area contributed by atoms with Crippen LogP contribution in [0, 0.1) is 0 Å². The molecule has 6 heteroatoms. The summed E-state index contributed by atoms with van der Waals surface area (Å²) < 4.78 is 11.6. The fourth-order valence-electron chi connectivity index (χ4n) is 2.90. The van der Waals surface area contributed by atoms with Crippen LogP contribution in [0.5, 0.6) is 0 Å². The second-order valence-corrected chi connectivity index (χ2v) is 6.69. The van der Waals surface area contributed by atoms with Gasteiger partial charge in [0, 0.05) is 12.8 Å². The number of nitrogens with zero attached hydrogens (tertiary/aromatic N) is 2. The maximum Gasteiger partial charge on any atom is 0.232 e. The van der Waals surface area contributed by atoms with Crippen LogP contribution in [0.3, 0.4) is 0 Å². The predicted molar refractivity (Wildman–Crippen MR) is 109 cm³/mol. The number of hydrogen-bond donors (Lipinski definition) is 1. The van der Waals surface area contributed by atoms with Crippen LogP contribution in [-0.2, 0) is 9.47 Å². The van der Waals surface area contributed by atoms with Crippen LogP contribution in [-0.4, -0.2) is 23.3 Å². The third-order valence-corrected chi connectivity index (χ3v) is 4.71. The van der Waals surface area contributed by atoms with Crippen molar-refractivity contribution in [1.82, 2.24) is 9.97 Å². The van der Waals surface area contributed by atoms with Gasteiger partial charge in [-0.25, -0.2) is 9.97 Å². The van der Waals surface area contributed by atoms with Gasteiger partial charge in [0.1, 0.15) is 17.3 Å². The van der Waals surface area contributed by atoms with Crippen LogP contribution in [0.25, 0.3) is 11.8 Å². The summed E-state index contributed by atoms with van der Waals surface area (Å²) >= 11 is 1.49. The van der Waals surface area contributed by atoms with Crippen LogP contribution in [0.2, 0.25) is 0 Å². The number of hydrogen-bond acceptors (Lipinski definition) is 6. The maximum absolute atomic E-state index is 6.05. The molecule has 0 fully saturated rings. The standard InChI is InChI=1S/C21H19N3O2S/c1-25-20-17-18(16(26-20)13-14-9-5-3-6-10-14)23-21(27-2)24-19(17)22-15-11-7-4-8-12-15/h3-13,20H,1-2H3,(H,22,23,24)/b16-13-. The molecule has 0 radical (unpaired) electrons. The molecule has 1 unspecified atom stereocenters. The van der Waals surface area contributed by atoms with Crippen molar-refractivity contribution < 1.29 is 9.47 Å². The molecule has 1 aliphatic heterocycles. The number of anilines is 2. The smallest absolute Gasteiger partial charge is 0.232 e. The number of fused-ring (bicyclic) bond motifs is 1. The summed E-state index contributed by atoms with van der Waals surface area (Å²) in [6.45, 7) is 0. The molecule has 0 spiro atoms. The maximum atomic E-state index is 6.05. The molecular weight excluding hydrogens is 358 g/mol. The summed E-state index contributed by atoms with van der Waals surface area (Å²) in [7, 11) is 1.62. The van der Waals surface area contributed by atoms with Gasteiger partial charge in [0.15, 0.2) is 5.16 Å². The summed E-state index contributed by atoms with van der Waals surface area (Å²) in [5, 5.41) is 4.05. The molecule has 1 atom stereocenters. The highest BCUT2D eigenvalue weighted by Crippen LogP contribution is 2.43. The third-order valence-electron chi connectivity index (χ3n) is 4.16. The van der Waals surface area contributed by atoms with Crippen LogP contribution in [0.1, 0.15) is 23.1 Å². The summed E-state index contributed by atoms with van der Waals surface area (Å²) in [6, 6.07) is 19.9. The van der Waals surface area contributed by atoms with Crippen LogP contribution >= 0.6 is 11.8 Å². The van der Waals surface area contributed by atoms with Crippen molar-refractivity contribution in [3.8, 4) is 0 Å². The lowest BCUT2D eigenvalue weighted by Gasteiger charge is -2.14. The molecule has 27 heavy (non-hydrogen) atoms. The fraction of sp³-hybridized carbons (Fsp3) is 0.143. The first-order chi connectivity index (χ1) is 13.3. The Labute approximate surface area is 162 Å². The van der Waals surface area contributed by atoms with Gasteiger partial charge in [0.05, 0.1) is 5.56 Å². The number of thioether (sulfide) groups is 1.